The molecular formula is C19H19N3O3. The van der Waals surface area contributed by atoms with Crippen molar-refractivity contribution in [1.82, 2.24) is 10.6 Å². The van der Waals surface area contributed by atoms with Crippen molar-refractivity contribution in [2.45, 2.75) is 12.5 Å². The van der Waals surface area contributed by atoms with Crippen molar-refractivity contribution in [2.24, 2.45) is 5.16 Å². The first-order valence-corrected chi connectivity index (χ1v) is 8.13. The maximum Gasteiger partial charge on any atom is 0.269 e. The lowest BCUT2D eigenvalue weighted by Crippen LogP contribution is -2.37. The first-order valence-electron chi connectivity index (χ1n) is 8.13. The third kappa shape index (κ3) is 4.44. The zero-order valence-electron chi connectivity index (χ0n) is 13.6. The summed E-state index contributed by atoms with van der Waals surface area (Å²) in [7, 11) is 0. The summed E-state index contributed by atoms with van der Waals surface area (Å²) < 4.78 is 0. The predicted octanol–water partition coefficient (Wildman–Crippen LogP) is 2.05. The molecule has 2 aromatic carbocycles. The molecule has 3 rings (SSSR count). The molecule has 0 fully saturated rings. The highest BCUT2D eigenvalue weighted by Crippen LogP contribution is 2.26. The average Bonchev–Trinajstić information content (AvgIpc) is 3.16. The molecule has 0 saturated heterocycles. The van der Waals surface area contributed by atoms with Crippen LogP contribution in [0.1, 0.15) is 28.4 Å². The predicted molar refractivity (Wildman–Crippen MR) is 94.1 cm³/mol. The van der Waals surface area contributed by atoms with Crippen LogP contribution >= 0.6 is 0 Å². The van der Waals surface area contributed by atoms with E-state index in [4.69, 9.17) is 4.84 Å². The van der Waals surface area contributed by atoms with Crippen LogP contribution in [0.2, 0.25) is 0 Å². The fourth-order valence-corrected chi connectivity index (χ4v) is 2.50. The molecule has 1 aliphatic heterocycles. The van der Waals surface area contributed by atoms with Gasteiger partial charge in [-0.05, 0) is 17.7 Å². The Bertz CT molecular complexity index is 760. The lowest BCUT2D eigenvalue weighted by molar-refractivity contribution is -0.114. The lowest BCUT2D eigenvalue weighted by Gasteiger charge is -2.08. The van der Waals surface area contributed by atoms with Crippen LogP contribution in [0.25, 0.3) is 0 Å². The quantitative estimate of drug-likeness (QED) is 0.792. The van der Waals surface area contributed by atoms with Crippen LogP contribution in [0.15, 0.2) is 65.8 Å². The number of hydrogen-bond donors (Lipinski definition) is 2. The van der Waals surface area contributed by atoms with Gasteiger partial charge in [-0.1, -0.05) is 53.7 Å². The van der Waals surface area contributed by atoms with Gasteiger partial charge in [0.05, 0.1) is 0 Å². The summed E-state index contributed by atoms with van der Waals surface area (Å²) in [6.07, 6.45) is 0.214. The van der Waals surface area contributed by atoms with E-state index in [1.165, 1.54) is 0 Å². The molecule has 0 saturated carbocycles. The monoisotopic (exact) mass is 337 g/mol. The Labute approximate surface area is 145 Å². The molecule has 0 bridgehead atoms. The molecule has 0 radical (unpaired) electrons. The molecule has 6 nitrogen and oxygen atoms in total. The van der Waals surface area contributed by atoms with E-state index in [0.29, 0.717) is 30.8 Å². The number of nitrogens with zero attached hydrogens (tertiary/aromatic N) is 1. The van der Waals surface area contributed by atoms with Gasteiger partial charge in [-0.25, -0.2) is 0 Å². The van der Waals surface area contributed by atoms with Crippen molar-refractivity contribution >= 4 is 17.5 Å². The van der Waals surface area contributed by atoms with Gasteiger partial charge >= 0.3 is 0 Å². The standard InChI is InChI=1S/C19H19N3O3/c23-18(15-9-5-2-6-10-15)20-11-12-21-19(24)16-13-17(25-22-16)14-7-3-1-4-8-14/h1-10,17H,11-13H2,(H,20,23)(H,21,24)/t17-/m0/s1. The van der Waals surface area contributed by atoms with Crippen LogP contribution < -0.4 is 10.6 Å². The number of amides is 2. The number of carbonyl (C=O) groups excluding carboxylic acids is 2. The number of rotatable bonds is 6. The molecule has 0 spiro atoms. The first-order chi connectivity index (χ1) is 12.2. The van der Waals surface area contributed by atoms with E-state index < -0.39 is 0 Å². The molecular weight excluding hydrogens is 318 g/mol. The molecule has 1 heterocycles. The zero-order valence-corrected chi connectivity index (χ0v) is 13.6. The van der Waals surface area contributed by atoms with Gasteiger partial charge in [0.25, 0.3) is 11.8 Å². The summed E-state index contributed by atoms with van der Waals surface area (Å²) in [5, 5.41) is 9.37. The van der Waals surface area contributed by atoms with E-state index in [1.807, 2.05) is 36.4 Å². The third-order valence-corrected chi connectivity index (χ3v) is 3.83. The Hall–Kier alpha value is -3.15. The van der Waals surface area contributed by atoms with E-state index >= 15 is 0 Å². The van der Waals surface area contributed by atoms with Gasteiger partial charge in [-0.15, -0.1) is 0 Å². The largest absolute Gasteiger partial charge is 0.387 e. The van der Waals surface area contributed by atoms with Gasteiger partial charge < -0.3 is 15.5 Å². The summed E-state index contributed by atoms with van der Waals surface area (Å²) >= 11 is 0. The number of benzene rings is 2. The summed E-state index contributed by atoms with van der Waals surface area (Å²) in [4.78, 5) is 29.3. The minimum absolute atomic E-state index is 0.166. The van der Waals surface area contributed by atoms with Crippen molar-refractivity contribution < 1.29 is 14.4 Å². The maximum atomic E-state index is 12.1. The van der Waals surface area contributed by atoms with Gasteiger partial charge in [0, 0.05) is 25.1 Å². The Morgan fingerprint density at radius 1 is 0.920 bits per heavy atom. The summed E-state index contributed by atoms with van der Waals surface area (Å²) in [6.45, 7) is 0.669. The topological polar surface area (TPSA) is 79.8 Å². The number of hydrogen-bond acceptors (Lipinski definition) is 4. The lowest BCUT2D eigenvalue weighted by atomic mass is 10.0. The molecule has 0 unspecified atom stereocenters. The summed E-state index contributed by atoms with van der Waals surface area (Å²) in [6, 6.07) is 18.6. The molecule has 128 valence electrons. The van der Waals surface area contributed by atoms with Gasteiger partial charge in [0.1, 0.15) is 5.71 Å². The highest BCUT2D eigenvalue weighted by Gasteiger charge is 2.26. The third-order valence-electron chi connectivity index (χ3n) is 3.83. The maximum absolute atomic E-state index is 12.1. The van der Waals surface area contributed by atoms with Crippen molar-refractivity contribution in [3.8, 4) is 0 Å². The number of nitrogens with one attached hydrogen (secondary N) is 2. The smallest absolute Gasteiger partial charge is 0.269 e. The normalized spacial score (nSPS) is 15.8. The minimum atomic E-state index is -0.271. The Kier molecular flexibility index (Phi) is 5.41. The van der Waals surface area contributed by atoms with E-state index in [2.05, 4.69) is 15.8 Å². The van der Waals surface area contributed by atoms with Crippen LogP contribution in [-0.4, -0.2) is 30.6 Å². The van der Waals surface area contributed by atoms with E-state index in [9.17, 15) is 9.59 Å². The van der Waals surface area contributed by atoms with Gasteiger partial charge in [-0.2, -0.15) is 0 Å². The summed E-state index contributed by atoms with van der Waals surface area (Å²) in [5.74, 6) is -0.437. The van der Waals surface area contributed by atoms with E-state index in [-0.39, 0.29) is 17.9 Å². The molecule has 1 atom stereocenters. The van der Waals surface area contributed by atoms with E-state index in [1.54, 1.807) is 24.3 Å². The van der Waals surface area contributed by atoms with Crippen molar-refractivity contribution in [2.75, 3.05) is 13.1 Å². The van der Waals surface area contributed by atoms with Crippen molar-refractivity contribution in [3.63, 3.8) is 0 Å². The molecule has 2 amide bonds. The van der Waals surface area contributed by atoms with E-state index in [0.717, 1.165) is 5.56 Å². The second kappa shape index (κ2) is 8.10. The highest BCUT2D eigenvalue weighted by atomic mass is 16.6. The zero-order chi connectivity index (χ0) is 17.5. The number of carbonyl (C=O) groups is 2. The molecule has 0 aliphatic carbocycles. The summed E-state index contributed by atoms with van der Waals surface area (Å²) in [5.41, 5.74) is 1.94. The Morgan fingerprint density at radius 3 is 2.20 bits per heavy atom. The second-order valence-corrected chi connectivity index (χ2v) is 5.62. The van der Waals surface area contributed by atoms with Crippen LogP contribution in [0.3, 0.4) is 0 Å². The van der Waals surface area contributed by atoms with Crippen LogP contribution in [0.5, 0.6) is 0 Å². The van der Waals surface area contributed by atoms with Crippen LogP contribution in [-0.2, 0) is 9.63 Å². The fourth-order valence-electron chi connectivity index (χ4n) is 2.50. The first kappa shape index (κ1) is 16.7. The van der Waals surface area contributed by atoms with Gasteiger partial charge in [0.2, 0.25) is 0 Å². The van der Waals surface area contributed by atoms with Gasteiger partial charge in [0.15, 0.2) is 6.10 Å². The highest BCUT2D eigenvalue weighted by molar-refractivity contribution is 6.39. The fraction of sp³-hybridized carbons (Fsp3) is 0.211. The Morgan fingerprint density at radius 2 is 1.52 bits per heavy atom. The van der Waals surface area contributed by atoms with Crippen molar-refractivity contribution in [3.05, 3.63) is 71.8 Å². The van der Waals surface area contributed by atoms with Crippen LogP contribution in [0.4, 0.5) is 0 Å². The van der Waals surface area contributed by atoms with Gasteiger partial charge in [-0.3, -0.25) is 9.59 Å². The molecule has 0 aromatic heterocycles. The molecule has 25 heavy (non-hydrogen) atoms. The minimum Gasteiger partial charge on any atom is -0.387 e. The SMILES string of the molecule is O=C(NCCNC(=O)c1ccccc1)C1=NO[C@H](c2ccccc2)C1. The molecule has 6 heteroatoms. The molecule has 2 aromatic rings. The van der Waals surface area contributed by atoms with Crippen molar-refractivity contribution in [1.29, 1.82) is 0 Å². The Balaban J connectivity index is 1.39. The number of oxime groups is 1. The molecule has 2 N–H and O–H groups in total. The average molecular weight is 337 g/mol. The molecule has 1 aliphatic rings. The van der Waals surface area contributed by atoms with Crippen LogP contribution in [0, 0.1) is 0 Å². The second-order valence-electron chi connectivity index (χ2n) is 5.62.